The summed E-state index contributed by atoms with van der Waals surface area (Å²) in [4.78, 5) is 37.7. The molecule has 0 saturated carbocycles. The second kappa shape index (κ2) is 9.07. The number of halogens is 1. The van der Waals surface area contributed by atoms with Gasteiger partial charge in [-0.25, -0.2) is 4.39 Å². The predicted molar refractivity (Wildman–Crippen MR) is 102 cm³/mol. The average molecular weight is 370 g/mol. The molecule has 0 bridgehead atoms. The van der Waals surface area contributed by atoms with Crippen LogP contribution in [-0.4, -0.2) is 36.1 Å². The SMILES string of the molecule is Cc1ccc(C(=O)CCC(=O)N(C)CC(=O)Nc2ccc(F)cc2)cc1C. The molecule has 0 unspecified atom stereocenters. The first-order chi connectivity index (χ1) is 12.8. The number of likely N-dealkylation sites (N-methyl/N-ethyl adjacent to an activating group) is 1. The van der Waals surface area contributed by atoms with Gasteiger partial charge >= 0.3 is 0 Å². The van der Waals surface area contributed by atoms with Gasteiger partial charge in [0.15, 0.2) is 5.78 Å². The number of rotatable bonds is 7. The van der Waals surface area contributed by atoms with Crippen LogP contribution in [0.1, 0.15) is 34.3 Å². The van der Waals surface area contributed by atoms with E-state index >= 15 is 0 Å². The lowest BCUT2D eigenvalue weighted by Gasteiger charge is -2.16. The highest BCUT2D eigenvalue weighted by molar-refractivity contribution is 5.99. The Balaban J connectivity index is 1.82. The quantitative estimate of drug-likeness (QED) is 0.759. The van der Waals surface area contributed by atoms with Crippen molar-refractivity contribution in [1.29, 1.82) is 0 Å². The molecule has 0 radical (unpaired) electrons. The molecule has 27 heavy (non-hydrogen) atoms. The van der Waals surface area contributed by atoms with Crippen LogP contribution < -0.4 is 5.32 Å². The van der Waals surface area contributed by atoms with Crippen molar-refractivity contribution in [3.8, 4) is 0 Å². The van der Waals surface area contributed by atoms with E-state index in [9.17, 15) is 18.8 Å². The number of carbonyl (C=O) groups is 3. The molecule has 5 nitrogen and oxygen atoms in total. The zero-order valence-corrected chi connectivity index (χ0v) is 15.7. The van der Waals surface area contributed by atoms with E-state index in [4.69, 9.17) is 0 Å². The zero-order chi connectivity index (χ0) is 20.0. The normalized spacial score (nSPS) is 10.4. The molecule has 0 saturated heterocycles. The van der Waals surface area contributed by atoms with Crippen LogP contribution in [0.15, 0.2) is 42.5 Å². The second-order valence-corrected chi connectivity index (χ2v) is 6.53. The number of hydrogen-bond donors (Lipinski definition) is 1. The van der Waals surface area contributed by atoms with Crippen LogP contribution in [-0.2, 0) is 9.59 Å². The summed E-state index contributed by atoms with van der Waals surface area (Å²) in [6, 6.07) is 10.8. The van der Waals surface area contributed by atoms with Crippen molar-refractivity contribution in [2.24, 2.45) is 0 Å². The second-order valence-electron chi connectivity index (χ2n) is 6.53. The molecule has 0 fully saturated rings. The minimum absolute atomic E-state index is 0.0338. The van der Waals surface area contributed by atoms with Crippen LogP contribution in [0.25, 0.3) is 0 Å². The van der Waals surface area contributed by atoms with Gasteiger partial charge in [0.25, 0.3) is 0 Å². The molecule has 6 heteroatoms. The van der Waals surface area contributed by atoms with Gasteiger partial charge in [-0.2, -0.15) is 0 Å². The van der Waals surface area contributed by atoms with Crippen molar-refractivity contribution in [2.45, 2.75) is 26.7 Å². The Hall–Kier alpha value is -3.02. The van der Waals surface area contributed by atoms with Gasteiger partial charge in [-0.1, -0.05) is 12.1 Å². The first-order valence-corrected chi connectivity index (χ1v) is 8.66. The van der Waals surface area contributed by atoms with E-state index < -0.39 is 11.7 Å². The van der Waals surface area contributed by atoms with Crippen molar-refractivity contribution < 1.29 is 18.8 Å². The molecule has 2 amide bonds. The maximum absolute atomic E-state index is 12.9. The molecule has 0 aliphatic heterocycles. The number of amides is 2. The molecule has 0 aliphatic carbocycles. The number of nitrogens with zero attached hydrogens (tertiary/aromatic N) is 1. The highest BCUT2D eigenvalue weighted by Crippen LogP contribution is 2.13. The molecule has 0 spiro atoms. The van der Waals surface area contributed by atoms with Gasteiger partial charge in [-0.05, 0) is 55.3 Å². The molecule has 0 aromatic heterocycles. The van der Waals surface area contributed by atoms with E-state index in [-0.39, 0.29) is 31.1 Å². The lowest BCUT2D eigenvalue weighted by Crippen LogP contribution is -2.35. The van der Waals surface area contributed by atoms with Gasteiger partial charge in [0.2, 0.25) is 11.8 Å². The molecular formula is C21H23FN2O3. The van der Waals surface area contributed by atoms with E-state index in [1.54, 1.807) is 6.07 Å². The molecular weight excluding hydrogens is 347 g/mol. The van der Waals surface area contributed by atoms with Crippen molar-refractivity contribution >= 4 is 23.3 Å². The third kappa shape index (κ3) is 6.02. The molecule has 142 valence electrons. The summed E-state index contributed by atoms with van der Waals surface area (Å²) in [6.45, 7) is 3.76. The van der Waals surface area contributed by atoms with Crippen LogP contribution in [0.4, 0.5) is 10.1 Å². The minimum Gasteiger partial charge on any atom is -0.336 e. The van der Waals surface area contributed by atoms with Crippen molar-refractivity contribution in [3.05, 3.63) is 65.0 Å². The Kier molecular flexibility index (Phi) is 6.82. The van der Waals surface area contributed by atoms with Gasteiger partial charge in [0.1, 0.15) is 5.82 Å². The molecule has 2 rings (SSSR count). The Morgan fingerprint density at radius 3 is 2.26 bits per heavy atom. The number of carbonyl (C=O) groups excluding carboxylic acids is 3. The van der Waals surface area contributed by atoms with Crippen molar-refractivity contribution in [1.82, 2.24) is 4.90 Å². The number of anilines is 1. The molecule has 1 N–H and O–H groups in total. The average Bonchev–Trinajstić information content (AvgIpc) is 2.63. The van der Waals surface area contributed by atoms with E-state index in [0.717, 1.165) is 11.1 Å². The zero-order valence-electron chi connectivity index (χ0n) is 15.7. The van der Waals surface area contributed by atoms with E-state index in [1.165, 1.54) is 36.2 Å². The molecule has 2 aromatic rings. The lowest BCUT2D eigenvalue weighted by molar-refractivity contribution is -0.133. The molecule has 0 heterocycles. The van der Waals surface area contributed by atoms with Crippen LogP contribution in [0.5, 0.6) is 0 Å². The summed E-state index contributed by atoms with van der Waals surface area (Å²) in [5.74, 6) is -1.18. The van der Waals surface area contributed by atoms with Gasteiger partial charge in [0, 0.05) is 31.1 Å². The number of nitrogens with one attached hydrogen (secondary N) is 1. The van der Waals surface area contributed by atoms with Crippen LogP contribution >= 0.6 is 0 Å². The van der Waals surface area contributed by atoms with E-state index in [1.807, 2.05) is 26.0 Å². The fourth-order valence-corrected chi connectivity index (χ4v) is 2.51. The van der Waals surface area contributed by atoms with E-state index in [2.05, 4.69) is 5.32 Å². The molecule has 0 atom stereocenters. The molecule has 0 aliphatic rings. The maximum Gasteiger partial charge on any atom is 0.243 e. The largest absolute Gasteiger partial charge is 0.336 e. The van der Waals surface area contributed by atoms with Gasteiger partial charge in [-0.3, -0.25) is 14.4 Å². The first kappa shape index (κ1) is 20.3. The van der Waals surface area contributed by atoms with Crippen molar-refractivity contribution in [2.75, 3.05) is 18.9 Å². The van der Waals surface area contributed by atoms with Gasteiger partial charge in [-0.15, -0.1) is 0 Å². The summed E-state index contributed by atoms with van der Waals surface area (Å²) in [5.41, 5.74) is 3.17. The minimum atomic E-state index is -0.395. The highest BCUT2D eigenvalue weighted by Gasteiger charge is 2.15. The standard InChI is InChI=1S/C21H23FN2O3/c1-14-4-5-16(12-15(14)2)19(25)10-11-21(27)24(3)13-20(26)23-18-8-6-17(22)7-9-18/h4-9,12H,10-11,13H2,1-3H3,(H,23,26). The third-order valence-electron chi connectivity index (χ3n) is 4.33. The summed E-state index contributed by atoms with van der Waals surface area (Å²) < 4.78 is 12.9. The number of Topliss-reactive ketones (excluding diaryl/α,β-unsaturated/α-hetero) is 1. The predicted octanol–water partition coefficient (Wildman–Crippen LogP) is 3.50. The topological polar surface area (TPSA) is 66.5 Å². The Morgan fingerprint density at radius 1 is 0.963 bits per heavy atom. The van der Waals surface area contributed by atoms with Crippen LogP contribution in [0, 0.1) is 19.7 Å². The number of hydrogen-bond acceptors (Lipinski definition) is 3. The number of benzene rings is 2. The monoisotopic (exact) mass is 370 g/mol. The smallest absolute Gasteiger partial charge is 0.243 e. The number of aryl methyl sites for hydroxylation is 2. The molecule has 2 aromatic carbocycles. The fraction of sp³-hybridized carbons (Fsp3) is 0.286. The lowest BCUT2D eigenvalue weighted by atomic mass is 10.0. The van der Waals surface area contributed by atoms with Gasteiger partial charge < -0.3 is 10.2 Å². The van der Waals surface area contributed by atoms with E-state index in [0.29, 0.717) is 11.3 Å². The van der Waals surface area contributed by atoms with Crippen LogP contribution in [0.2, 0.25) is 0 Å². The number of ketones is 1. The maximum atomic E-state index is 12.9. The summed E-state index contributed by atoms with van der Waals surface area (Å²) in [5, 5.41) is 2.59. The summed E-state index contributed by atoms with van der Waals surface area (Å²) in [7, 11) is 1.51. The Bertz CT molecular complexity index is 847. The van der Waals surface area contributed by atoms with Crippen LogP contribution in [0.3, 0.4) is 0 Å². The Morgan fingerprint density at radius 2 is 1.63 bits per heavy atom. The fourth-order valence-electron chi connectivity index (χ4n) is 2.51. The van der Waals surface area contributed by atoms with Crippen molar-refractivity contribution in [3.63, 3.8) is 0 Å². The first-order valence-electron chi connectivity index (χ1n) is 8.66. The Labute approximate surface area is 158 Å². The third-order valence-corrected chi connectivity index (χ3v) is 4.33. The summed E-state index contributed by atoms with van der Waals surface area (Å²) >= 11 is 0. The van der Waals surface area contributed by atoms with Gasteiger partial charge in [0.05, 0.1) is 6.54 Å². The summed E-state index contributed by atoms with van der Waals surface area (Å²) in [6.07, 6.45) is 0.122. The highest BCUT2D eigenvalue weighted by atomic mass is 19.1.